The molecule has 0 aliphatic carbocycles. The van der Waals surface area contributed by atoms with Crippen molar-refractivity contribution in [3.8, 4) is 5.75 Å². The summed E-state index contributed by atoms with van der Waals surface area (Å²) in [5.74, 6) is 0.878. The van der Waals surface area contributed by atoms with Gasteiger partial charge in [0, 0.05) is 24.5 Å². The molecule has 0 heterocycles. The number of anilines is 2. The van der Waals surface area contributed by atoms with Crippen LogP contribution in [0, 0.1) is 6.92 Å². The predicted molar refractivity (Wildman–Crippen MR) is 81.2 cm³/mol. The summed E-state index contributed by atoms with van der Waals surface area (Å²) in [5.41, 5.74) is 3.54. The van der Waals surface area contributed by atoms with Crippen LogP contribution in [0.1, 0.15) is 5.56 Å². The number of benzene rings is 2. The number of nitrogens with one attached hydrogen (secondary N) is 2. The molecular formula is C16H20N2O. The fraction of sp³-hybridized carbons (Fsp3) is 0.250. The van der Waals surface area contributed by atoms with Crippen molar-refractivity contribution in [3.05, 3.63) is 54.1 Å². The Labute approximate surface area is 114 Å². The molecule has 3 heteroatoms. The Morgan fingerprint density at radius 2 is 1.58 bits per heavy atom. The van der Waals surface area contributed by atoms with Crippen LogP contribution in [0.4, 0.5) is 11.4 Å². The third-order valence-electron chi connectivity index (χ3n) is 2.89. The third kappa shape index (κ3) is 4.21. The van der Waals surface area contributed by atoms with E-state index in [1.165, 1.54) is 5.56 Å². The lowest BCUT2D eigenvalue weighted by Gasteiger charge is -2.09. The molecule has 0 amide bonds. The smallest absolute Gasteiger partial charge is 0.119 e. The second-order valence-electron chi connectivity index (χ2n) is 4.45. The van der Waals surface area contributed by atoms with Gasteiger partial charge in [-0.3, -0.25) is 0 Å². The summed E-state index contributed by atoms with van der Waals surface area (Å²) in [6, 6.07) is 16.3. The number of hydrogen-bond acceptors (Lipinski definition) is 3. The first-order chi connectivity index (χ1) is 9.28. The van der Waals surface area contributed by atoms with E-state index in [4.69, 9.17) is 4.74 Å². The summed E-state index contributed by atoms with van der Waals surface area (Å²) in [6.45, 7) is 3.86. The van der Waals surface area contributed by atoms with E-state index >= 15 is 0 Å². The molecular weight excluding hydrogens is 236 g/mol. The maximum atomic E-state index is 5.12. The molecule has 0 saturated heterocycles. The normalized spacial score (nSPS) is 10.0. The van der Waals surface area contributed by atoms with Crippen molar-refractivity contribution in [1.82, 2.24) is 0 Å². The lowest BCUT2D eigenvalue weighted by atomic mass is 10.2. The van der Waals surface area contributed by atoms with Gasteiger partial charge in [-0.1, -0.05) is 12.1 Å². The first-order valence-electron chi connectivity index (χ1n) is 6.46. The summed E-state index contributed by atoms with van der Waals surface area (Å²) < 4.78 is 5.12. The van der Waals surface area contributed by atoms with E-state index in [0.29, 0.717) is 0 Å². The van der Waals surface area contributed by atoms with Crippen molar-refractivity contribution in [2.24, 2.45) is 0 Å². The van der Waals surface area contributed by atoms with Crippen molar-refractivity contribution in [2.45, 2.75) is 6.92 Å². The van der Waals surface area contributed by atoms with Gasteiger partial charge in [-0.05, 0) is 48.9 Å². The Kier molecular flexibility index (Phi) is 4.67. The van der Waals surface area contributed by atoms with Crippen LogP contribution in [-0.4, -0.2) is 20.2 Å². The summed E-state index contributed by atoms with van der Waals surface area (Å²) in [4.78, 5) is 0. The largest absolute Gasteiger partial charge is 0.497 e. The molecule has 0 spiro atoms. The first-order valence-corrected chi connectivity index (χ1v) is 6.46. The van der Waals surface area contributed by atoms with Gasteiger partial charge in [0.25, 0.3) is 0 Å². The van der Waals surface area contributed by atoms with E-state index < -0.39 is 0 Å². The van der Waals surface area contributed by atoms with Crippen LogP contribution in [-0.2, 0) is 0 Å². The summed E-state index contributed by atoms with van der Waals surface area (Å²) in [5, 5.41) is 6.75. The Balaban J connectivity index is 1.74. The minimum absolute atomic E-state index is 0.875. The number of ether oxygens (including phenoxy) is 1. The van der Waals surface area contributed by atoms with E-state index in [-0.39, 0.29) is 0 Å². The molecule has 0 aliphatic heterocycles. The van der Waals surface area contributed by atoms with Crippen LogP contribution < -0.4 is 15.4 Å². The van der Waals surface area contributed by atoms with E-state index in [1.807, 2.05) is 24.3 Å². The Morgan fingerprint density at radius 3 is 2.21 bits per heavy atom. The van der Waals surface area contributed by atoms with E-state index in [1.54, 1.807) is 7.11 Å². The highest BCUT2D eigenvalue weighted by Crippen LogP contribution is 2.14. The molecule has 3 nitrogen and oxygen atoms in total. The quantitative estimate of drug-likeness (QED) is 0.776. The van der Waals surface area contributed by atoms with Crippen molar-refractivity contribution >= 4 is 11.4 Å². The molecule has 0 radical (unpaired) electrons. The minimum Gasteiger partial charge on any atom is -0.497 e. The van der Waals surface area contributed by atoms with Gasteiger partial charge in [0.15, 0.2) is 0 Å². The fourth-order valence-corrected chi connectivity index (χ4v) is 1.88. The zero-order valence-corrected chi connectivity index (χ0v) is 11.4. The van der Waals surface area contributed by atoms with Crippen LogP contribution in [0.2, 0.25) is 0 Å². The minimum atomic E-state index is 0.875. The van der Waals surface area contributed by atoms with Gasteiger partial charge in [0.1, 0.15) is 5.75 Å². The maximum absolute atomic E-state index is 5.12. The highest BCUT2D eigenvalue weighted by molar-refractivity contribution is 5.48. The van der Waals surface area contributed by atoms with Crippen LogP contribution in [0.25, 0.3) is 0 Å². The van der Waals surface area contributed by atoms with Crippen LogP contribution in [0.5, 0.6) is 5.75 Å². The fourth-order valence-electron chi connectivity index (χ4n) is 1.88. The SMILES string of the molecule is COc1ccc(NCCNc2cccc(C)c2)cc1. The molecule has 0 unspecified atom stereocenters. The molecule has 100 valence electrons. The van der Waals surface area contributed by atoms with Crippen molar-refractivity contribution in [1.29, 1.82) is 0 Å². The number of hydrogen-bond donors (Lipinski definition) is 2. The van der Waals surface area contributed by atoms with Crippen molar-refractivity contribution in [2.75, 3.05) is 30.8 Å². The van der Waals surface area contributed by atoms with Gasteiger partial charge in [-0.25, -0.2) is 0 Å². The van der Waals surface area contributed by atoms with Crippen LogP contribution in [0.3, 0.4) is 0 Å². The molecule has 0 bridgehead atoms. The molecule has 0 aromatic heterocycles. The Hall–Kier alpha value is -2.16. The molecule has 0 aliphatic rings. The van der Waals surface area contributed by atoms with Gasteiger partial charge < -0.3 is 15.4 Å². The summed E-state index contributed by atoms with van der Waals surface area (Å²) in [6.07, 6.45) is 0. The highest BCUT2D eigenvalue weighted by Gasteiger charge is 1.94. The lowest BCUT2D eigenvalue weighted by Crippen LogP contribution is -2.13. The average molecular weight is 256 g/mol. The molecule has 0 atom stereocenters. The topological polar surface area (TPSA) is 33.3 Å². The third-order valence-corrected chi connectivity index (χ3v) is 2.89. The van der Waals surface area contributed by atoms with Gasteiger partial charge in [0.2, 0.25) is 0 Å². The maximum Gasteiger partial charge on any atom is 0.119 e. The monoisotopic (exact) mass is 256 g/mol. The van der Waals surface area contributed by atoms with Gasteiger partial charge in [0.05, 0.1) is 7.11 Å². The Bertz CT molecular complexity index is 508. The van der Waals surface area contributed by atoms with Crippen molar-refractivity contribution in [3.63, 3.8) is 0 Å². The Morgan fingerprint density at radius 1 is 0.895 bits per heavy atom. The van der Waals surface area contributed by atoms with Crippen molar-refractivity contribution < 1.29 is 4.74 Å². The predicted octanol–water partition coefficient (Wildman–Crippen LogP) is 3.53. The lowest BCUT2D eigenvalue weighted by molar-refractivity contribution is 0.415. The number of rotatable bonds is 6. The number of methoxy groups -OCH3 is 1. The van der Waals surface area contributed by atoms with Gasteiger partial charge >= 0.3 is 0 Å². The number of aryl methyl sites for hydroxylation is 1. The molecule has 2 rings (SSSR count). The van der Waals surface area contributed by atoms with Gasteiger partial charge in [-0.15, -0.1) is 0 Å². The zero-order valence-electron chi connectivity index (χ0n) is 11.4. The summed E-state index contributed by atoms with van der Waals surface area (Å²) in [7, 11) is 1.67. The van der Waals surface area contributed by atoms with Crippen LogP contribution >= 0.6 is 0 Å². The van der Waals surface area contributed by atoms with Gasteiger partial charge in [-0.2, -0.15) is 0 Å². The second-order valence-corrected chi connectivity index (χ2v) is 4.45. The molecule has 2 aromatic carbocycles. The van der Waals surface area contributed by atoms with E-state index in [0.717, 1.165) is 30.2 Å². The molecule has 0 fully saturated rings. The van der Waals surface area contributed by atoms with E-state index in [9.17, 15) is 0 Å². The summed E-state index contributed by atoms with van der Waals surface area (Å²) >= 11 is 0. The second kappa shape index (κ2) is 6.69. The molecule has 2 aromatic rings. The first kappa shape index (κ1) is 13.3. The zero-order chi connectivity index (χ0) is 13.5. The van der Waals surface area contributed by atoms with E-state index in [2.05, 4.69) is 41.8 Å². The highest BCUT2D eigenvalue weighted by atomic mass is 16.5. The standard InChI is InChI=1S/C16H20N2O/c1-13-4-3-5-15(12-13)18-11-10-17-14-6-8-16(19-2)9-7-14/h3-9,12,17-18H,10-11H2,1-2H3. The molecule has 0 saturated carbocycles. The molecule has 19 heavy (non-hydrogen) atoms. The molecule has 2 N–H and O–H groups in total. The van der Waals surface area contributed by atoms with Crippen LogP contribution in [0.15, 0.2) is 48.5 Å². The average Bonchev–Trinajstić information content (AvgIpc) is 2.44.